The molecular formula is C22H25ClN6. The summed E-state index contributed by atoms with van der Waals surface area (Å²) in [4.78, 5) is 13.6. The van der Waals surface area contributed by atoms with Gasteiger partial charge in [-0.25, -0.2) is 14.6 Å². The lowest BCUT2D eigenvalue weighted by molar-refractivity contribution is 0.284. The summed E-state index contributed by atoms with van der Waals surface area (Å²) in [5.41, 5.74) is 4.18. The Morgan fingerprint density at radius 2 is 1.86 bits per heavy atom. The van der Waals surface area contributed by atoms with E-state index in [0.717, 1.165) is 60.4 Å². The Morgan fingerprint density at radius 3 is 2.62 bits per heavy atom. The highest BCUT2D eigenvalue weighted by atomic mass is 35.5. The predicted molar refractivity (Wildman–Crippen MR) is 118 cm³/mol. The molecule has 7 heteroatoms. The Bertz CT molecular complexity index is 1000. The van der Waals surface area contributed by atoms with E-state index in [2.05, 4.69) is 43.1 Å². The number of benzene rings is 1. The minimum absolute atomic E-state index is 0.609. The summed E-state index contributed by atoms with van der Waals surface area (Å²) < 4.78 is 1.79. The van der Waals surface area contributed by atoms with Crippen molar-refractivity contribution in [1.29, 1.82) is 0 Å². The molecule has 1 aliphatic rings. The number of piperazine rings is 1. The molecule has 0 N–H and O–H groups in total. The molecule has 0 saturated carbocycles. The first-order valence-electron chi connectivity index (χ1n) is 9.85. The normalized spacial score (nSPS) is 15.3. The van der Waals surface area contributed by atoms with Crippen molar-refractivity contribution in [3.63, 3.8) is 0 Å². The van der Waals surface area contributed by atoms with Crippen LogP contribution in [-0.2, 0) is 0 Å². The first kappa shape index (κ1) is 19.6. The SMILES string of the molecule is Cc1ccnc(-n2ncc(C=CCN3CCN(c4ccccc4Cl)CC3)c2C)n1. The lowest BCUT2D eigenvalue weighted by atomic mass is 10.2. The predicted octanol–water partition coefficient (Wildman–Crippen LogP) is 3.77. The van der Waals surface area contributed by atoms with Crippen LogP contribution in [0.4, 0.5) is 5.69 Å². The number of para-hydroxylation sites is 1. The third-order valence-corrected chi connectivity index (χ3v) is 5.57. The van der Waals surface area contributed by atoms with Crippen LogP contribution in [0.15, 0.2) is 48.8 Å². The molecular weight excluding hydrogens is 384 g/mol. The van der Waals surface area contributed by atoms with E-state index < -0.39 is 0 Å². The van der Waals surface area contributed by atoms with Gasteiger partial charge in [0.1, 0.15) is 0 Å². The van der Waals surface area contributed by atoms with Crippen molar-refractivity contribution in [3.8, 4) is 5.95 Å². The fraction of sp³-hybridized carbons (Fsp3) is 0.318. The molecule has 0 unspecified atom stereocenters. The molecule has 6 nitrogen and oxygen atoms in total. The van der Waals surface area contributed by atoms with Crippen LogP contribution >= 0.6 is 11.6 Å². The second-order valence-electron chi connectivity index (χ2n) is 7.24. The summed E-state index contributed by atoms with van der Waals surface area (Å²) in [6.45, 7) is 8.92. The second kappa shape index (κ2) is 8.76. The molecule has 2 aromatic heterocycles. The van der Waals surface area contributed by atoms with Crippen LogP contribution in [0.2, 0.25) is 5.02 Å². The monoisotopic (exact) mass is 408 g/mol. The number of halogens is 1. The standard InChI is InChI=1S/C22H25ClN6/c1-17-9-10-24-22(26-17)29-18(2)19(16-25-29)6-5-11-27-12-14-28(15-13-27)21-8-4-3-7-20(21)23/h3-10,16H,11-15H2,1-2H3. The smallest absolute Gasteiger partial charge is 0.250 e. The minimum Gasteiger partial charge on any atom is -0.368 e. The highest BCUT2D eigenvalue weighted by Gasteiger charge is 2.17. The lowest BCUT2D eigenvalue weighted by Gasteiger charge is -2.36. The van der Waals surface area contributed by atoms with E-state index in [1.807, 2.05) is 44.3 Å². The van der Waals surface area contributed by atoms with E-state index in [-0.39, 0.29) is 0 Å². The highest BCUT2D eigenvalue weighted by molar-refractivity contribution is 6.33. The Morgan fingerprint density at radius 1 is 1.07 bits per heavy atom. The zero-order valence-electron chi connectivity index (χ0n) is 16.8. The maximum atomic E-state index is 6.33. The van der Waals surface area contributed by atoms with Crippen molar-refractivity contribution in [2.75, 3.05) is 37.6 Å². The number of aryl methyl sites for hydroxylation is 1. The fourth-order valence-corrected chi connectivity index (χ4v) is 3.79. The van der Waals surface area contributed by atoms with Crippen LogP contribution in [0.5, 0.6) is 0 Å². The van der Waals surface area contributed by atoms with Gasteiger partial charge in [-0.2, -0.15) is 5.10 Å². The van der Waals surface area contributed by atoms with Crippen molar-refractivity contribution in [2.45, 2.75) is 13.8 Å². The summed E-state index contributed by atoms with van der Waals surface area (Å²) in [5, 5.41) is 5.28. The van der Waals surface area contributed by atoms with Gasteiger partial charge in [0.2, 0.25) is 0 Å². The van der Waals surface area contributed by atoms with Gasteiger partial charge in [0.25, 0.3) is 5.95 Å². The van der Waals surface area contributed by atoms with Crippen LogP contribution in [0.25, 0.3) is 12.0 Å². The molecule has 0 spiro atoms. The molecule has 0 radical (unpaired) electrons. The van der Waals surface area contributed by atoms with E-state index in [0.29, 0.717) is 5.95 Å². The maximum absolute atomic E-state index is 6.33. The molecule has 4 rings (SSSR count). The first-order chi connectivity index (χ1) is 14.1. The van der Waals surface area contributed by atoms with Crippen molar-refractivity contribution in [3.05, 3.63) is 70.8 Å². The topological polar surface area (TPSA) is 50.1 Å². The fourth-order valence-electron chi connectivity index (χ4n) is 3.53. The van der Waals surface area contributed by atoms with Crippen molar-refractivity contribution >= 4 is 23.4 Å². The highest BCUT2D eigenvalue weighted by Crippen LogP contribution is 2.26. The van der Waals surface area contributed by atoms with Crippen molar-refractivity contribution in [2.24, 2.45) is 0 Å². The average molecular weight is 409 g/mol. The van der Waals surface area contributed by atoms with Crippen LogP contribution in [0, 0.1) is 13.8 Å². The molecule has 1 aromatic carbocycles. The van der Waals surface area contributed by atoms with Gasteiger partial charge < -0.3 is 4.90 Å². The zero-order chi connectivity index (χ0) is 20.2. The average Bonchev–Trinajstić information content (AvgIpc) is 3.09. The Hall–Kier alpha value is -2.70. The van der Waals surface area contributed by atoms with Gasteiger partial charge in [-0.1, -0.05) is 35.9 Å². The van der Waals surface area contributed by atoms with E-state index in [1.54, 1.807) is 10.9 Å². The number of nitrogens with zero attached hydrogens (tertiary/aromatic N) is 6. The van der Waals surface area contributed by atoms with Gasteiger partial charge in [-0.3, -0.25) is 4.90 Å². The summed E-state index contributed by atoms with van der Waals surface area (Å²) in [5.74, 6) is 0.609. The molecule has 150 valence electrons. The molecule has 1 fully saturated rings. The lowest BCUT2D eigenvalue weighted by Crippen LogP contribution is -2.46. The summed E-state index contributed by atoms with van der Waals surface area (Å²) in [6, 6.07) is 9.95. The van der Waals surface area contributed by atoms with Gasteiger partial charge >= 0.3 is 0 Å². The third-order valence-electron chi connectivity index (χ3n) is 5.25. The number of hydrogen-bond donors (Lipinski definition) is 0. The molecule has 0 bridgehead atoms. The second-order valence-corrected chi connectivity index (χ2v) is 7.64. The Kier molecular flexibility index (Phi) is 5.92. The zero-order valence-corrected chi connectivity index (χ0v) is 17.5. The number of hydrogen-bond acceptors (Lipinski definition) is 5. The molecule has 3 aromatic rings. The number of anilines is 1. The van der Waals surface area contributed by atoms with Gasteiger partial charge in [-0.15, -0.1) is 0 Å². The maximum Gasteiger partial charge on any atom is 0.250 e. The Labute approximate surface area is 176 Å². The number of rotatable bonds is 5. The van der Waals surface area contributed by atoms with Crippen LogP contribution in [0.1, 0.15) is 17.0 Å². The molecule has 0 aliphatic carbocycles. The Balaban J connectivity index is 1.34. The third kappa shape index (κ3) is 4.49. The van der Waals surface area contributed by atoms with E-state index in [1.165, 1.54) is 0 Å². The van der Waals surface area contributed by atoms with Gasteiger partial charge in [0.15, 0.2) is 0 Å². The minimum atomic E-state index is 0.609. The van der Waals surface area contributed by atoms with Crippen molar-refractivity contribution in [1.82, 2.24) is 24.6 Å². The van der Waals surface area contributed by atoms with Gasteiger partial charge in [-0.05, 0) is 32.0 Å². The molecule has 0 amide bonds. The molecule has 29 heavy (non-hydrogen) atoms. The molecule has 3 heterocycles. The first-order valence-corrected chi connectivity index (χ1v) is 10.2. The molecule has 0 atom stereocenters. The van der Waals surface area contributed by atoms with Crippen LogP contribution in [0.3, 0.4) is 0 Å². The molecule has 1 saturated heterocycles. The van der Waals surface area contributed by atoms with Gasteiger partial charge in [0, 0.05) is 50.2 Å². The summed E-state index contributed by atoms with van der Waals surface area (Å²) in [6.07, 6.45) is 7.97. The number of aromatic nitrogens is 4. The van der Waals surface area contributed by atoms with E-state index >= 15 is 0 Å². The van der Waals surface area contributed by atoms with Crippen LogP contribution < -0.4 is 4.90 Å². The van der Waals surface area contributed by atoms with Crippen LogP contribution in [-0.4, -0.2) is 57.4 Å². The quantitative estimate of drug-likeness (QED) is 0.643. The van der Waals surface area contributed by atoms with Gasteiger partial charge in [0.05, 0.1) is 22.6 Å². The largest absolute Gasteiger partial charge is 0.368 e. The van der Waals surface area contributed by atoms with E-state index in [9.17, 15) is 0 Å². The summed E-state index contributed by atoms with van der Waals surface area (Å²) >= 11 is 6.33. The van der Waals surface area contributed by atoms with E-state index in [4.69, 9.17) is 11.6 Å². The molecule has 1 aliphatic heterocycles. The summed E-state index contributed by atoms with van der Waals surface area (Å²) in [7, 11) is 0. The van der Waals surface area contributed by atoms with Crippen molar-refractivity contribution < 1.29 is 0 Å².